The molecule has 0 saturated heterocycles. The Morgan fingerprint density at radius 2 is 2.00 bits per heavy atom. The number of imidazole rings is 1. The van der Waals surface area contributed by atoms with Crippen LogP contribution in [0.15, 0.2) is 36.7 Å². The highest BCUT2D eigenvalue weighted by molar-refractivity contribution is 5.82. The maximum absolute atomic E-state index is 4.63. The number of rotatable bonds is 2. The van der Waals surface area contributed by atoms with Crippen molar-refractivity contribution < 1.29 is 0 Å². The van der Waals surface area contributed by atoms with Crippen molar-refractivity contribution in [2.24, 2.45) is 0 Å². The number of fused-ring (bicyclic) bond motifs is 2. The van der Waals surface area contributed by atoms with Gasteiger partial charge in [-0.15, -0.1) is 0 Å². The van der Waals surface area contributed by atoms with Gasteiger partial charge in [-0.3, -0.25) is 4.98 Å². The number of aromatic nitrogens is 3. The molecule has 3 nitrogen and oxygen atoms in total. The fraction of sp³-hybridized carbons (Fsp3) is 0.333. The van der Waals surface area contributed by atoms with Gasteiger partial charge >= 0.3 is 0 Å². The van der Waals surface area contributed by atoms with Crippen LogP contribution in [0.5, 0.6) is 0 Å². The van der Waals surface area contributed by atoms with E-state index in [1.165, 1.54) is 35.2 Å². The van der Waals surface area contributed by atoms with Crippen LogP contribution in [-0.2, 0) is 19.4 Å². The SMILES string of the molecule is Cc1cc(Cn2cnc3c2CCCC3)c2ccccc2n1. The lowest BCUT2D eigenvalue weighted by molar-refractivity contribution is 0.629. The minimum absolute atomic E-state index is 0.895. The maximum Gasteiger partial charge on any atom is 0.0954 e. The van der Waals surface area contributed by atoms with Crippen LogP contribution < -0.4 is 0 Å². The second-order valence-electron chi connectivity index (χ2n) is 5.91. The third-order valence-electron chi connectivity index (χ3n) is 4.38. The molecule has 0 amide bonds. The molecule has 1 aromatic carbocycles. The van der Waals surface area contributed by atoms with Gasteiger partial charge in [-0.25, -0.2) is 4.98 Å². The quantitative estimate of drug-likeness (QED) is 0.715. The zero-order chi connectivity index (χ0) is 14.2. The average Bonchev–Trinajstić information content (AvgIpc) is 2.90. The molecule has 0 saturated carbocycles. The Labute approximate surface area is 124 Å². The fourth-order valence-electron chi connectivity index (χ4n) is 3.38. The summed E-state index contributed by atoms with van der Waals surface area (Å²) in [5, 5.41) is 1.25. The van der Waals surface area contributed by atoms with Gasteiger partial charge in [0, 0.05) is 23.3 Å². The molecular formula is C18H19N3. The van der Waals surface area contributed by atoms with E-state index in [-0.39, 0.29) is 0 Å². The molecule has 3 heteroatoms. The Balaban J connectivity index is 1.79. The predicted octanol–water partition coefficient (Wildman–Crippen LogP) is 3.67. The molecular weight excluding hydrogens is 258 g/mol. The highest BCUT2D eigenvalue weighted by atomic mass is 15.1. The van der Waals surface area contributed by atoms with Gasteiger partial charge < -0.3 is 4.57 Å². The zero-order valence-electron chi connectivity index (χ0n) is 12.3. The van der Waals surface area contributed by atoms with Crippen LogP contribution in [0.4, 0.5) is 0 Å². The van der Waals surface area contributed by atoms with Crippen molar-refractivity contribution in [2.45, 2.75) is 39.2 Å². The predicted molar refractivity (Wildman–Crippen MR) is 84.5 cm³/mol. The van der Waals surface area contributed by atoms with E-state index in [9.17, 15) is 0 Å². The normalized spacial score (nSPS) is 14.3. The van der Waals surface area contributed by atoms with E-state index in [0.29, 0.717) is 0 Å². The third kappa shape index (κ3) is 2.23. The Hall–Kier alpha value is -2.16. The summed E-state index contributed by atoms with van der Waals surface area (Å²) in [5.74, 6) is 0. The Morgan fingerprint density at radius 3 is 2.95 bits per heavy atom. The van der Waals surface area contributed by atoms with Crippen molar-refractivity contribution in [1.29, 1.82) is 0 Å². The average molecular weight is 277 g/mol. The molecule has 0 fully saturated rings. The van der Waals surface area contributed by atoms with Crippen molar-refractivity contribution >= 4 is 10.9 Å². The molecule has 0 radical (unpaired) electrons. The molecule has 0 unspecified atom stereocenters. The van der Waals surface area contributed by atoms with Gasteiger partial charge in [0.2, 0.25) is 0 Å². The first-order chi connectivity index (χ1) is 10.3. The third-order valence-corrected chi connectivity index (χ3v) is 4.38. The topological polar surface area (TPSA) is 30.7 Å². The van der Waals surface area contributed by atoms with Crippen molar-refractivity contribution in [3.63, 3.8) is 0 Å². The smallest absolute Gasteiger partial charge is 0.0954 e. The summed E-state index contributed by atoms with van der Waals surface area (Å²) in [6, 6.07) is 10.6. The van der Waals surface area contributed by atoms with Crippen molar-refractivity contribution in [2.75, 3.05) is 0 Å². The lowest BCUT2D eigenvalue weighted by Crippen LogP contribution is -2.09. The number of nitrogens with zero attached hydrogens (tertiary/aromatic N) is 3. The minimum Gasteiger partial charge on any atom is -0.330 e. The second-order valence-corrected chi connectivity index (χ2v) is 5.91. The summed E-state index contributed by atoms with van der Waals surface area (Å²) >= 11 is 0. The van der Waals surface area contributed by atoms with E-state index in [0.717, 1.165) is 30.6 Å². The van der Waals surface area contributed by atoms with Crippen LogP contribution in [0.2, 0.25) is 0 Å². The molecule has 3 aromatic rings. The highest BCUT2D eigenvalue weighted by Gasteiger charge is 2.15. The fourth-order valence-corrected chi connectivity index (χ4v) is 3.38. The summed E-state index contributed by atoms with van der Waals surface area (Å²) in [5.41, 5.74) is 6.24. The minimum atomic E-state index is 0.895. The maximum atomic E-state index is 4.63. The Bertz CT molecular complexity index is 801. The number of hydrogen-bond acceptors (Lipinski definition) is 2. The van der Waals surface area contributed by atoms with Crippen LogP contribution in [-0.4, -0.2) is 14.5 Å². The molecule has 106 valence electrons. The van der Waals surface area contributed by atoms with E-state index in [1.54, 1.807) is 0 Å². The van der Waals surface area contributed by atoms with Crippen LogP contribution >= 0.6 is 0 Å². The van der Waals surface area contributed by atoms with E-state index in [4.69, 9.17) is 0 Å². The highest BCUT2D eigenvalue weighted by Crippen LogP contribution is 2.23. The van der Waals surface area contributed by atoms with E-state index in [2.05, 4.69) is 51.8 Å². The van der Waals surface area contributed by atoms with Gasteiger partial charge in [-0.05, 0) is 50.3 Å². The summed E-state index contributed by atoms with van der Waals surface area (Å²) in [4.78, 5) is 9.23. The Morgan fingerprint density at radius 1 is 1.14 bits per heavy atom. The lowest BCUT2D eigenvalue weighted by Gasteiger charge is -2.15. The zero-order valence-corrected chi connectivity index (χ0v) is 12.3. The number of aryl methyl sites for hydroxylation is 2. The molecule has 2 aromatic heterocycles. The number of benzene rings is 1. The van der Waals surface area contributed by atoms with Crippen LogP contribution in [0, 0.1) is 6.92 Å². The largest absolute Gasteiger partial charge is 0.330 e. The standard InChI is InChI=1S/C18H19N3/c1-13-10-14(15-6-2-3-7-16(15)20-13)11-21-12-19-17-8-4-5-9-18(17)21/h2-3,6-7,10,12H,4-5,8-9,11H2,1H3. The van der Waals surface area contributed by atoms with E-state index < -0.39 is 0 Å². The van der Waals surface area contributed by atoms with Crippen molar-refractivity contribution in [1.82, 2.24) is 14.5 Å². The molecule has 2 heterocycles. The monoisotopic (exact) mass is 277 g/mol. The van der Waals surface area contributed by atoms with E-state index >= 15 is 0 Å². The molecule has 1 aliphatic carbocycles. The molecule has 1 aliphatic rings. The number of hydrogen-bond donors (Lipinski definition) is 0. The first kappa shape index (κ1) is 12.6. The summed E-state index contributed by atoms with van der Waals surface area (Å²) in [6.07, 6.45) is 6.88. The first-order valence-electron chi connectivity index (χ1n) is 7.69. The molecule has 0 atom stereocenters. The van der Waals surface area contributed by atoms with Gasteiger partial charge in [0.1, 0.15) is 0 Å². The molecule has 0 N–H and O–H groups in total. The van der Waals surface area contributed by atoms with Crippen molar-refractivity contribution in [3.05, 3.63) is 59.3 Å². The van der Waals surface area contributed by atoms with Gasteiger partial charge in [0.05, 0.1) is 17.5 Å². The van der Waals surface area contributed by atoms with Gasteiger partial charge in [-0.1, -0.05) is 18.2 Å². The summed E-state index contributed by atoms with van der Waals surface area (Å²) in [7, 11) is 0. The van der Waals surface area contributed by atoms with Crippen LogP contribution in [0.1, 0.15) is 35.5 Å². The van der Waals surface area contributed by atoms with Crippen LogP contribution in [0.25, 0.3) is 10.9 Å². The molecule has 0 aliphatic heterocycles. The molecule has 0 bridgehead atoms. The Kier molecular flexibility index (Phi) is 2.99. The molecule has 4 rings (SSSR count). The number of pyridine rings is 1. The van der Waals surface area contributed by atoms with Gasteiger partial charge in [0.15, 0.2) is 0 Å². The van der Waals surface area contributed by atoms with Gasteiger partial charge in [0.25, 0.3) is 0 Å². The van der Waals surface area contributed by atoms with Gasteiger partial charge in [-0.2, -0.15) is 0 Å². The first-order valence-corrected chi connectivity index (χ1v) is 7.69. The van der Waals surface area contributed by atoms with Crippen LogP contribution in [0.3, 0.4) is 0 Å². The van der Waals surface area contributed by atoms with E-state index in [1.807, 2.05) is 6.33 Å². The second kappa shape index (κ2) is 4.99. The number of para-hydroxylation sites is 1. The summed E-state index contributed by atoms with van der Waals surface area (Å²) in [6.45, 7) is 2.96. The summed E-state index contributed by atoms with van der Waals surface area (Å²) < 4.78 is 2.33. The molecule has 0 spiro atoms. The lowest BCUT2D eigenvalue weighted by atomic mass is 10.0. The molecule has 21 heavy (non-hydrogen) atoms. The van der Waals surface area contributed by atoms with Crippen molar-refractivity contribution in [3.8, 4) is 0 Å².